The van der Waals surface area contributed by atoms with Crippen molar-refractivity contribution in [2.75, 3.05) is 7.11 Å². The van der Waals surface area contributed by atoms with E-state index >= 15 is 0 Å². The number of thiophene rings is 1. The summed E-state index contributed by atoms with van der Waals surface area (Å²) in [5, 5.41) is 2.02. The molecule has 0 aromatic carbocycles. The van der Waals surface area contributed by atoms with E-state index in [-0.39, 0.29) is 5.78 Å². The van der Waals surface area contributed by atoms with Gasteiger partial charge in [0.1, 0.15) is 5.60 Å². The van der Waals surface area contributed by atoms with Gasteiger partial charge in [0.25, 0.3) is 0 Å². The molecule has 1 aliphatic carbocycles. The zero-order chi connectivity index (χ0) is 13.0. The van der Waals surface area contributed by atoms with Gasteiger partial charge in [-0.15, -0.1) is 11.3 Å². The highest BCUT2D eigenvalue weighted by molar-refractivity contribution is 9.10. The van der Waals surface area contributed by atoms with Gasteiger partial charge < -0.3 is 4.74 Å². The molecular weight excluding hydrogens is 312 g/mol. The van der Waals surface area contributed by atoms with Crippen LogP contribution in [0.15, 0.2) is 15.9 Å². The SMILES string of the molecule is COC1(C(=O)Cc2cc(Br)cs2)CCCCCC1. The molecule has 0 atom stereocenters. The molecule has 1 aromatic heterocycles. The Hall–Kier alpha value is -0.190. The second kappa shape index (κ2) is 6.31. The third-order valence-electron chi connectivity index (χ3n) is 3.77. The molecule has 1 aliphatic rings. The predicted octanol–water partition coefficient (Wildman–Crippen LogP) is 4.36. The molecule has 0 N–H and O–H groups in total. The molecule has 0 unspecified atom stereocenters. The van der Waals surface area contributed by atoms with Crippen molar-refractivity contribution in [2.45, 2.75) is 50.5 Å². The van der Waals surface area contributed by atoms with Crippen LogP contribution in [-0.2, 0) is 16.0 Å². The average Bonchev–Trinajstić information content (AvgIpc) is 2.65. The summed E-state index contributed by atoms with van der Waals surface area (Å²) in [6, 6.07) is 2.03. The van der Waals surface area contributed by atoms with Gasteiger partial charge in [-0.25, -0.2) is 0 Å². The first-order chi connectivity index (χ1) is 8.66. The topological polar surface area (TPSA) is 26.3 Å². The Labute approximate surface area is 121 Å². The van der Waals surface area contributed by atoms with Crippen molar-refractivity contribution in [1.82, 2.24) is 0 Å². The van der Waals surface area contributed by atoms with E-state index in [0.29, 0.717) is 6.42 Å². The Morgan fingerprint density at radius 1 is 1.39 bits per heavy atom. The quantitative estimate of drug-likeness (QED) is 0.766. The number of methoxy groups -OCH3 is 1. The van der Waals surface area contributed by atoms with Crippen LogP contribution in [0.5, 0.6) is 0 Å². The highest BCUT2D eigenvalue weighted by Crippen LogP contribution is 2.32. The van der Waals surface area contributed by atoms with E-state index in [0.717, 1.165) is 35.0 Å². The molecule has 0 amide bonds. The minimum Gasteiger partial charge on any atom is -0.370 e. The first kappa shape index (κ1) is 14.2. The molecule has 1 saturated carbocycles. The highest BCUT2D eigenvalue weighted by atomic mass is 79.9. The van der Waals surface area contributed by atoms with Crippen molar-refractivity contribution >= 4 is 33.0 Å². The lowest BCUT2D eigenvalue weighted by Gasteiger charge is -2.29. The molecule has 1 fully saturated rings. The fourth-order valence-electron chi connectivity index (χ4n) is 2.66. The average molecular weight is 331 g/mol. The number of ketones is 1. The molecule has 0 aliphatic heterocycles. The molecule has 0 spiro atoms. The Kier molecular flexibility index (Phi) is 4.98. The molecular formula is C14H19BrO2S. The summed E-state index contributed by atoms with van der Waals surface area (Å²) in [6.07, 6.45) is 6.93. The van der Waals surface area contributed by atoms with E-state index < -0.39 is 5.60 Å². The van der Waals surface area contributed by atoms with Crippen molar-refractivity contribution in [3.05, 3.63) is 20.8 Å². The lowest BCUT2D eigenvalue weighted by molar-refractivity contribution is -0.142. The van der Waals surface area contributed by atoms with Gasteiger partial charge in [-0.05, 0) is 34.8 Å². The molecule has 0 saturated heterocycles. The van der Waals surface area contributed by atoms with E-state index in [1.165, 1.54) is 12.8 Å². The first-order valence-electron chi connectivity index (χ1n) is 6.48. The van der Waals surface area contributed by atoms with E-state index in [4.69, 9.17) is 4.74 Å². The summed E-state index contributed by atoms with van der Waals surface area (Å²) in [5.74, 6) is 0.251. The Morgan fingerprint density at radius 3 is 2.56 bits per heavy atom. The smallest absolute Gasteiger partial charge is 0.169 e. The second-order valence-electron chi connectivity index (χ2n) is 4.94. The fourth-order valence-corrected chi connectivity index (χ4v) is 4.11. The zero-order valence-electron chi connectivity index (χ0n) is 10.7. The number of carbonyl (C=O) groups is 1. The number of hydrogen-bond acceptors (Lipinski definition) is 3. The monoisotopic (exact) mass is 330 g/mol. The van der Waals surface area contributed by atoms with Crippen LogP contribution in [0.25, 0.3) is 0 Å². The van der Waals surface area contributed by atoms with Crippen LogP contribution < -0.4 is 0 Å². The summed E-state index contributed by atoms with van der Waals surface area (Å²) in [5.41, 5.74) is -0.521. The normalized spacial score (nSPS) is 19.4. The molecule has 18 heavy (non-hydrogen) atoms. The van der Waals surface area contributed by atoms with Gasteiger partial charge in [0.15, 0.2) is 5.78 Å². The van der Waals surface area contributed by atoms with Gasteiger partial charge in [-0.3, -0.25) is 4.79 Å². The lowest BCUT2D eigenvalue weighted by atomic mass is 9.87. The number of carbonyl (C=O) groups excluding carboxylic acids is 1. The van der Waals surface area contributed by atoms with Crippen LogP contribution in [0.2, 0.25) is 0 Å². The van der Waals surface area contributed by atoms with Crippen LogP contribution in [0, 0.1) is 0 Å². The standard InChI is InChI=1S/C14H19BrO2S/c1-17-14(6-4-2-3-5-7-14)13(16)9-12-8-11(15)10-18-12/h8,10H,2-7,9H2,1H3. The van der Waals surface area contributed by atoms with E-state index in [9.17, 15) is 4.79 Å². The second-order valence-corrected chi connectivity index (χ2v) is 6.86. The summed E-state index contributed by atoms with van der Waals surface area (Å²) < 4.78 is 6.70. The van der Waals surface area contributed by atoms with Crippen molar-refractivity contribution in [2.24, 2.45) is 0 Å². The van der Waals surface area contributed by atoms with E-state index in [1.54, 1.807) is 18.4 Å². The van der Waals surface area contributed by atoms with Crippen LogP contribution in [0.4, 0.5) is 0 Å². The fraction of sp³-hybridized carbons (Fsp3) is 0.643. The van der Waals surface area contributed by atoms with E-state index in [1.807, 2.05) is 11.4 Å². The van der Waals surface area contributed by atoms with Crippen molar-refractivity contribution in [1.29, 1.82) is 0 Å². The van der Waals surface area contributed by atoms with Crippen LogP contribution in [0.1, 0.15) is 43.4 Å². The number of rotatable bonds is 4. The predicted molar refractivity (Wildman–Crippen MR) is 78.2 cm³/mol. The third-order valence-corrected chi connectivity index (χ3v) is 5.46. The Bertz CT molecular complexity index is 406. The lowest BCUT2D eigenvalue weighted by Crippen LogP contribution is -2.41. The van der Waals surface area contributed by atoms with Crippen molar-refractivity contribution in [3.8, 4) is 0 Å². The number of Topliss-reactive ketones (excluding diaryl/α,β-unsaturated/α-hetero) is 1. The van der Waals surface area contributed by atoms with Gasteiger partial charge in [0.05, 0.1) is 0 Å². The molecule has 2 nitrogen and oxygen atoms in total. The Balaban J connectivity index is 2.08. The van der Waals surface area contributed by atoms with Gasteiger partial charge in [0, 0.05) is 28.3 Å². The van der Waals surface area contributed by atoms with Crippen molar-refractivity contribution in [3.63, 3.8) is 0 Å². The zero-order valence-corrected chi connectivity index (χ0v) is 13.1. The summed E-state index contributed by atoms with van der Waals surface area (Å²) >= 11 is 5.06. The minimum absolute atomic E-state index is 0.251. The molecule has 1 aromatic rings. The van der Waals surface area contributed by atoms with Gasteiger partial charge >= 0.3 is 0 Å². The molecule has 0 bridgehead atoms. The molecule has 0 radical (unpaired) electrons. The number of ether oxygens (including phenoxy) is 1. The van der Waals surface area contributed by atoms with Gasteiger partial charge in [-0.1, -0.05) is 25.7 Å². The summed E-state index contributed by atoms with van der Waals surface area (Å²) in [4.78, 5) is 13.7. The highest BCUT2D eigenvalue weighted by Gasteiger charge is 2.38. The van der Waals surface area contributed by atoms with Crippen LogP contribution in [0.3, 0.4) is 0 Å². The minimum atomic E-state index is -0.521. The molecule has 100 valence electrons. The van der Waals surface area contributed by atoms with Crippen molar-refractivity contribution < 1.29 is 9.53 Å². The molecule has 2 rings (SSSR count). The van der Waals surface area contributed by atoms with E-state index in [2.05, 4.69) is 15.9 Å². The van der Waals surface area contributed by atoms with Gasteiger partial charge in [0.2, 0.25) is 0 Å². The van der Waals surface area contributed by atoms with Crippen LogP contribution >= 0.6 is 27.3 Å². The molecule has 4 heteroatoms. The third kappa shape index (κ3) is 3.22. The number of halogens is 1. The van der Waals surface area contributed by atoms with Crippen LogP contribution in [-0.4, -0.2) is 18.5 Å². The maximum atomic E-state index is 12.5. The summed E-state index contributed by atoms with van der Waals surface area (Å²) in [6.45, 7) is 0. The summed E-state index contributed by atoms with van der Waals surface area (Å²) in [7, 11) is 1.69. The first-order valence-corrected chi connectivity index (χ1v) is 8.15. The maximum Gasteiger partial charge on any atom is 0.169 e. The van der Waals surface area contributed by atoms with Gasteiger partial charge in [-0.2, -0.15) is 0 Å². The Morgan fingerprint density at radius 2 is 2.06 bits per heavy atom. The maximum absolute atomic E-state index is 12.5. The number of hydrogen-bond donors (Lipinski definition) is 0. The largest absolute Gasteiger partial charge is 0.370 e. The molecule has 1 heterocycles.